The van der Waals surface area contributed by atoms with Gasteiger partial charge in [0.25, 0.3) is 0 Å². The summed E-state index contributed by atoms with van der Waals surface area (Å²) in [5.74, 6) is 0.795. The Labute approximate surface area is 183 Å². The zero-order valence-corrected chi connectivity index (χ0v) is 18.0. The summed E-state index contributed by atoms with van der Waals surface area (Å²) in [4.78, 5) is 13.2. The summed E-state index contributed by atoms with van der Waals surface area (Å²) in [5.41, 5.74) is 4.19. The lowest BCUT2D eigenvalue weighted by molar-refractivity contribution is 0.302. The van der Waals surface area contributed by atoms with Gasteiger partial charge in [-0.2, -0.15) is 0 Å². The molecule has 3 nitrogen and oxygen atoms in total. The molecule has 0 bridgehead atoms. The molecule has 1 aromatic heterocycles. The fourth-order valence-electron chi connectivity index (χ4n) is 3.83. The Bertz CT molecular complexity index is 1180. The third-order valence-electron chi connectivity index (χ3n) is 5.58. The molecule has 0 saturated carbocycles. The number of unbranched alkanes of at least 4 members (excludes halogenated alkanes) is 3. The first-order valence-corrected chi connectivity index (χ1v) is 11.1. The fraction of sp³-hybridized carbons (Fsp3) is 0.250. The molecule has 0 aliphatic rings. The first-order valence-electron chi connectivity index (χ1n) is 11.1. The van der Waals surface area contributed by atoms with Crippen molar-refractivity contribution < 1.29 is 9.15 Å². The molecule has 0 radical (unpaired) electrons. The van der Waals surface area contributed by atoms with Gasteiger partial charge in [-0.15, -0.1) is 0 Å². The molecule has 0 amide bonds. The molecular formula is C28H28O3. The Morgan fingerprint density at radius 1 is 0.871 bits per heavy atom. The molecule has 3 aromatic carbocycles. The molecule has 158 valence electrons. The summed E-state index contributed by atoms with van der Waals surface area (Å²) in [6, 6.07) is 23.6. The van der Waals surface area contributed by atoms with E-state index in [0.29, 0.717) is 23.1 Å². The minimum atomic E-state index is -0.00290. The van der Waals surface area contributed by atoms with Gasteiger partial charge in [-0.05, 0) is 35.6 Å². The third-order valence-corrected chi connectivity index (χ3v) is 5.58. The van der Waals surface area contributed by atoms with Crippen LogP contribution in [0.5, 0.6) is 5.75 Å². The zero-order chi connectivity index (χ0) is 21.5. The highest BCUT2D eigenvalue weighted by Crippen LogP contribution is 2.29. The van der Waals surface area contributed by atoms with Crippen LogP contribution < -0.4 is 10.2 Å². The fourth-order valence-corrected chi connectivity index (χ4v) is 3.83. The van der Waals surface area contributed by atoms with Crippen LogP contribution in [-0.4, -0.2) is 0 Å². The number of fused-ring (bicyclic) bond motifs is 1. The second-order valence-electron chi connectivity index (χ2n) is 7.89. The van der Waals surface area contributed by atoms with E-state index in [1.165, 1.54) is 19.3 Å². The largest absolute Gasteiger partial charge is 0.488 e. The zero-order valence-electron chi connectivity index (χ0n) is 18.0. The van der Waals surface area contributed by atoms with Crippen molar-refractivity contribution in [3.8, 4) is 16.9 Å². The topological polar surface area (TPSA) is 39.4 Å². The molecule has 4 aromatic rings. The minimum absolute atomic E-state index is 0.00290. The quantitative estimate of drug-likeness (QED) is 0.274. The van der Waals surface area contributed by atoms with Crippen molar-refractivity contribution in [3.05, 3.63) is 100 Å². The van der Waals surface area contributed by atoms with E-state index in [9.17, 15) is 4.79 Å². The molecule has 0 N–H and O–H groups in total. The van der Waals surface area contributed by atoms with E-state index in [2.05, 4.69) is 6.92 Å². The predicted octanol–water partition coefficient (Wildman–Crippen LogP) is 7.16. The molecule has 4 rings (SSSR count). The molecule has 0 unspecified atom stereocenters. The first-order chi connectivity index (χ1) is 15.3. The Morgan fingerprint density at radius 2 is 1.61 bits per heavy atom. The summed E-state index contributed by atoms with van der Waals surface area (Å²) in [7, 11) is 0. The van der Waals surface area contributed by atoms with Crippen molar-refractivity contribution in [2.24, 2.45) is 0 Å². The number of aryl methyl sites for hydroxylation is 1. The van der Waals surface area contributed by atoms with Crippen LogP contribution in [0.2, 0.25) is 0 Å². The van der Waals surface area contributed by atoms with Gasteiger partial charge in [0, 0.05) is 6.07 Å². The van der Waals surface area contributed by atoms with Gasteiger partial charge in [0.05, 0.1) is 10.9 Å². The molecule has 0 aliphatic heterocycles. The summed E-state index contributed by atoms with van der Waals surface area (Å²) < 4.78 is 12.1. The Balaban J connectivity index is 1.70. The summed E-state index contributed by atoms with van der Waals surface area (Å²) in [6.45, 7) is 2.70. The van der Waals surface area contributed by atoms with Crippen molar-refractivity contribution in [3.63, 3.8) is 0 Å². The van der Waals surface area contributed by atoms with Crippen LogP contribution in [-0.2, 0) is 13.0 Å². The predicted molar refractivity (Wildman–Crippen MR) is 127 cm³/mol. The Kier molecular flexibility index (Phi) is 6.83. The number of hydrogen-bond acceptors (Lipinski definition) is 3. The van der Waals surface area contributed by atoms with Crippen molar-refractivity contribution in [2.45, 2.75) is 45.6 Å². The molecule has 3 heteroatoms. The Morgan fingerprint density at radius 3 is 2.35 bits per heavy atom. The van der Waals surface area contributed by atoms with E-state index in [0.717, 1.165) is 35.3 Å². The molecule has 0 spiro atoms. The Hall–Kier alpha value is -3.33. The maximum absolute atomic E-state index is 13.2. The van der Waals surface area contributed by atoms with E-state index in [1.807, 2.05) is 72.8 Å². The van der Waals surface area contributed by atoms with E-state index in [-0.39, 0.29) is 5.43 Å². The van der Waals surface area contributed by atoms with Crippen molar-refractivity contribution in [1.29, 1.82) is 0 Å². The van der Waals surface area contributed by atoms with Gasteiger partial charge in [-0.25, -0.2) is 0 Å². The standard InChI is InChI=1S/C28H28O3/c1-2-3-4-9-16-23-17-24-27(18-26(23)30-19-21-12-7-5-8-13-21)31-20-25(28(24)29)22-14-10-6-11-15-22/h5-8,10-15,17-18,20H,2-4,9,16,19H2,1H3. The SMILES string of the molecule is CCCCCCc1cc2c(=O)c(-c3ccccc3)coc2cc1OCc1ccccc1. The van der Waals surface area contributed by atoms with Crippen LogP contribution in [0, 0.1) is 0 Å². The number of hydrogen-bond donors (Lipinski definition) is 0. The van der Waals surface area contributed by atoms with Gasteiger partial charge in [0.15, 0.2) is 0 Å². The van der Waals surface area contributed by atoms with E-state index in [4.69, 9.17) is 9.15 Å². The molecular weight excluding hydrogens is 384 g/mol. The molecule has 31 heavy (non-hydrogen) atoms. The average Bonchev–Trinajstić information content (AvgIpc) is 2.82. The number of ether oxygens (including phenoxy) is 1. The summed E-state index contributed by atoms with van der Waals surface area (Å²) in [5, 5.41) is 0.610. The molecule has 0 atom stereocenters. The summed E-state index contributed by atoms with van der Waals surface area (Å²) in [6.07, 6.45) is 7.10. The highest BCUT2D eigenvalue weighted by Gasteiger charge is 2.14. The van der Waals surface area contributed by atoms with Gasteiger partial charge < -0.3 is 9.15 Å². The van der Waals surface area contributed by atoms with Crippen LogP contribution >= 0.6 is 0 Å². The van der Waals surface area contributed by atoms with Crippen LogP contribution in [0.15, 0.2) is 88.3 Å². The van der Waals surface area contributed by atoms with Crippen LogP contribution in [0.4, 0.5) is 0 Å². The maximum atomic E-state index is 13.2. The molecule has 0 saturated heterocycles. The normalized spacial score (nSPS) is 11.0. The highest BCUT2D eigenvalue weighted by molar-refractivity contribution is 5.83. The van der Waals surface area contributed by atoms with Crippen LogP contribution in [0.3, 0.4) is 0 Å². The van der Waals surface area contributed by atoms with Crippen molar-refractivity contribution in [2.75, 3.05) is 0 Å². The van der Waals surface area contributed by atoms with Crippen molar-refractivity contribution >= 4 is 11.0 Å². The van der Waals surface area contributed by atoms with Crippen LogP contribution in [0.1, 0.15) is 43.7 Å². The lowest BCUT2D eigenvalue weighted by Gasteiger charge is -2.13. The lowest BCUT2D eigenvalue weighted by Crippen LogP contribution is -2.07. The number of benzene rings is 3. The lowest BCUT2D eigenvalue weighted by atomic mass is 10.0. The number of rotatable bonds is 9. The van der Waals surface area contributed by atoms with Gasteiger partial charge in [0.2, 0.25) is 5.43 Å². The van der Waals surface area contributed by atoms with Gasteiger partial charge in [-0.3, -0.25) is 4.79 Å². The molecule has 0 aliphatic carbocycles. The van der Waals surface area contributed by atoms with E-state index >= 15 is 0 Å². The monoisotopic (exact) mass is 412 g/mol. The smallest absolute Gasteiger partial charge is 0.200 e. The van der Waals surface area contributed by atoms with Crippen molar-refractivity contribution in [1.82, 2.24) is 0 Å². The highest BCUT2D eigenvalue weighted by atomic mass is 16.5. The molecule has 1 heterocycles. The minimum Gasteiger partial charge on any atom is -0.488 e. The van der Waals surface area contributed by atoms with Gasteiger partial charge in [-0.1, -0.05) is 86.8 Å². The van der Waals surface area contributed by atoms with E-state index in [1.54, 1.807) is 6.26 Å². The third kappa shape index (κ3) is 5.05. The van der Waals surface area contributed by atoms with E-state index < -0.39 is 0 Å². The summed E-state index contributed by atoms with van der Waals surface area (Å²) >= 11 is 0. The molecule has 0 fully saturated rings. The van der Waals surface area contributed by atoms with Gasteiger partial charge >= 0.3 is 0 Å². The maximum Gasteiger partial charge on any atom is 0.200 e. The first kappa shape index (κ1) is 20.9. The second-order valence-corrected chi connectivity index (χ2v) is 7.89. The second kappa shape index (κ2) is 10.1. The van der Waals surface area contributed by atoms with Crippen LogP contribution in [0.25, 0.3) is 22.1 Å². The average molecular weight is 413 g/mol. The van der Waals surface area contributed by atoms with Gasteiger partial charge in [0.1, 0.15) is 24.2 Å².